The number of carboxylic acids is 1. The van der Waals surface area contributed by atoms with E-state index in [1.807, 2.05) is 0 Å². The second-order valence-electron chi connectivity index (χ2n) is 5.82. The molecule has 0 amide bonds. The normalized spacial score (nSPS) is 21.4. The fourth-order valence-corrected chi connectivity index (χ4v) is 3.10. The van der Waals surface area contributed by atoms with Crippen molar-refractivity contribution >= 4 is 22.7 Å². The summed E-state index contributed by atoms with van der Waals surface area (Å²) in [4.78, 5) is 16.9. The summed E-state index contributed by atoms with van der Waals surface area (Å²) in [6.07, 6.45) is -4.60. The molecule has 2 N–H and O–H groups in total. The van der Waals surface area contributed by atoms with Crippen LogP contribution in [0.1, 0.15) is 5.56 Å². The Kier molecular flexibility index (Phi) is 4.08. The minimum atomic E-state index is -4.60. The molecule has 5 nitrogen and oxygen atoms in total. The Morgan fingerprint density at radius 3 is 2.58 bits per heavy atom. The van der Waals surface area contributed by atoms with Crippen molar-refractivity contribution in [3.63, 3.8) is 0 Å². The number of rotatable bonds is 3. The maximum absolute atomic E-state index is 13.1. The Hall–Kier alpha value is -2.35. The summed E-state index contributed by atoms with van der Waals surface area (Å²) in [6.45, 7) is -1.17. The first-order valence-electron chi connectivity index (χ1n) is 7.35. The summed E-state index contributed by atoms with van der Waals surface area (Å²) in [6, 6.07) is 8.70. The van der Waals surface area contributed by atoms with Crippen LogP contribution < -0.4 is 4.90 Å². The highest BCUT2D eigenvalue weighted by Gasteiger charge is 2.53. The number of para-hydroxylation sites is 1. The van der Waals surface area contributed by atoms with E-state index in [1.54, 1.807) is 30.3 Å². The zero-order chi connectivity index (χ0) is 17.5. The number of aliphatic hydroxyl groups is 1. The van der Waals surface area contributed by atoms with Gasteiger partial charge in [-0.3, -0.25) is 4.79 Å². The number of fused-ring (bicyclic) bond motifs is 1. The van der Waals surface area contributed by atoms with Gasteiger partial charge in [-0.25, -0.2) is 4.98 Å². The Balaban J connectivity index is 2.02. The summed E-state index contributed by atoms with van der Waals surface area (Å²) in [5.41, 5.74) is 0.952. The summed E-state index contributed by atoms with van der Waals surface area (Å²) < 4.78 is 39.4. The fourth-order valence-electron chi connectivity index (χ4n) is 3.10. The number of halogens is 3. The van der Waals surface area contributed by atoms with E-state index in [9.17, 15) is 23.1 Å². The van der Waals surface area contributed by atoms with Gasteiger partial charge in [0.1, 0.15) is 5.82 Å². The molecule has 0 radical (unpaired) electrons. The van der Waals surface area contributed by atoms with Crippen molar-refractivity contribution in [3.05, 3.63) is 35.9 Å². The van der Waals surface area contributed by atoms with Crippen molar-refractivity contribution in [2.75, 3.05) is 18.0 Å². The van der Waals surface area contributed by atoms with Crippen molar-refractivity contribution < 1.29 is 28.2 Å². The zero-order valence-corrected chi connectivity index (χ0v) is 12.5. The number of anilines is 1. The number of nitrogens with zero attached hydrogens (tertiary/aromatic N) is 2. The molecule has 0 spiro atoms. The highest BCUT2D eigenvalue weighted by Crippen LogP contribution is 2.40. The third kappa shape index (κ3) is 2.89. The Morgan fingerprint density at radius 1 is 1.29 bits per heavy atom. The minimum Gasteiger partial charge on any atom is -0.481 e. The summed E-state index contributed by atoms with van der Waals surface area (Å²) in [5, 5.41) is 19.4. The molecule has 0 bridgehead atoms. The number of hydrogen-bond donors (Lipinski definition) is 2. The second-order valence-corrected chi connectivity index (χ2v) is 5.82. The maximum atomic E-state index is 13.1. The van der Waals surface area contributed by atoms with Gasteiger partial charge in [-0.1, -0.05) is 18.2 Å². The van der Waals surface area contributed by atoms with Crippen LogP contribution in [0.2, 0.25) is 0 Å². The lowest BCUT2D eigenvalue weighted by atomic mass is 9.96. The first kappa shape index (κ1) is 16.5. The highest BCUT2D eigenvalue weighted by molar-refractivity contribution is 5.82. The molecule has 1 aliphatic rings. The largest absolute Gasteiger partial charge is 0.481 e. The molecule has 1 fully saturated rings. The van der Waals surface area contributed by atoms with Gasteiger partial charge in [-0.15, -0.1) is 0 Å². The van der Waals surface area contributed by atoms with Gasteiger partial charge in [0, 0.05) is 24.0 Å². The number of carboxylic acid groups (broad SMARTS) is 1. The Morgan fingerprint density at radius 2 is 2.00 bits per heavy atom. The molecule has 0 saturated carbocycles. The van der Waals surface area contributed by atoms with Crippen molar-refractivity contribution in [2.24, 2.45) is 11.8 Å². The maximum Gasteiger partial charge on any atom is 0.394 e. The molecule has 0 unspecified atom stereocenters. The number of pyridine rings is 1. The molecular weight excluding hydrogens is 325 g/mol. The SMILES string of the molecule is O=C(O)[C@@H]1CN(c2nc3ccccc3cc2CO)C[C@H]1C(F)(F)F. The molecule has 3 rings (SSSR count). The third-order valence-corrected chi connectivity index (χ3v) is 4.31. The predicted octanol–water partition coefficient (Wildman–Crippen LogP) is 2.43. The van der Waals surface area contributed by atoms with Gasteiger partial charge < -0.3 is 15.1 Å². The number of aliphatic carboxylic acids is 1. The van der Waals surface area contributed by atoms with E-state index in [4.69, 9.17) is 5.11 Å². The van der Waals surface area contributed by atoms with Crippen LogP contribution in [0, 0.1) is 11.8 Å². The molecule has 2 heterocycles. The fraction of sp³-hybridized carbons (Fsp3) is 0.375. The summed E-state index contributed by atoms with van der Waals surface area (Å²) in [5.74, 6) is -4.79. The predicted molar refractivity (Wildman–Crippen MR) is 80.5 cm³/mol. The van der Waals surface area contributed by atoms with Crippen molar-refractivity contribution in [2.45, 2.75) is 12.8 Å². The second kappa shape index (κ2) is 5.94. The molecular formula is C16H15F3N2O3. The smallest absolute Gasteiger partial charge is 0.394 e. The van der Waals surface area contributed by atoms with E-state index in [1.165, 1.54) is 4.90 Å². The molecule has 24 heavy (non-hydrogen) atoms. The molecule has 1 saturated heterocycles. The van der Waals surface area contributed by atoms with Crippen molar-refractivity contribution in [1.82, 2.24) is 4.98 Å². The van der Waals surface area contributed by atoms with E-state index < -0.39 is 37.1 Å². The van der Waals surface area contributed by atoms with Gasteiger partial charge in [0.15, 0.2) is 0 Å². The van der Waals surface area contributed by atoms with Crippen molar-refractivity contribution in [3.8, 4) is 0 Å². The van der Waals surface area contributed by atoms with Gasteiger partial charge in [-0.05, 0) is 12.1 Å². The number of alkyl halides is 3. The number of carbonyl (C=O) groups is 1. The minimum absolute atomic E-state index is 0.203. The van der Waals surface area contributed by atoms with Crippen molar-refractivity contribution in [1.29, 1.82) is 0 Å². The number of aromatic nitrogens is 1. The van der Waals surface area contributed by atoms with Gasteiger partial charge in [0.05, 0.1) is 24.0 Å². The lowest BCUT2D eigenvalue weighted by Gasteiger charge is -2.21. The molecule has 1 aromatic heterocycles. The van der Waals surface area contributed by atoms with E-state index in [-0.39, 0.29) is 12.4 Å². The molecule has 2 atom stereocenters. The van der Waals surface area contributed by atoms with Gasteiger partial charge >= 0.3 is 12.1 Å². The first-order valence-corrected chi connectivity index (χ1v) is 7.35. The highest BCUT2D eigenvalue weighted by atomic mass is 19.4. The number of benzene rings is 1. The number of aliphatic hydroxyl groups excluding tert-OH is 1. The molecule has 1 aromatic carbocycles. The lowest BCUT2D eigenvalue weighted by Crippen LogP contribution is -2.33. The van der Waals surface area contributed by atoms with Crippen LogP contribution in [-0.2, 0) is 11.4 Å². The van der Waals surface area contributed by atoms with Gasteiger partial charge in [-0.2, -0.15) is 13.2 Å². The van der Waals surface area contributed by atoms with E-state index >= 15 is 0 Å². The van der Waals surface area contributed by atoms with Crippen LogP contribution in [0.25, 0.3) is 10.9 Å². The third-order valence-electron chi connectivity index (χ3n) is 4.31. The van der Waals surface area contributed by atoms with E-state index in [0.717, 1.165) is 5.39 Å². The van der Waals surface area contributed by atoms with Crippen LogP contribution in [-0.4, -0.2) is 40.4 Å². The van der Waals surface area contributed by atoms with Crippen LogP contribution >= 0.6 is 0 Å². The molecule has 8 heteroatoms. The van der Waals surface area contributed by atoms with Crippen LogP contribution in [0.15, 0.2) is 30.3 Å². The van der Waals surface area contributed by atoms with Gasteiger partial charge in [0.2, 0.25) is 0 Å². The topological polar surface area (TPSA) is 73.7 Å². The summed E-state index contributed by atoms with van der Waals surface area (Å²) in [7, 11) is 0. The quantitative estimate of drug-likeness (QED) is 0.898. The molecule has 0 aliphatic carbocycles. The average Bonchev–Trinajstić information content (AvgIpc) is 2.99. The lowest BCUT2D eigenvalue weighted by molar-refractivity contribution is -0.187. The Labute approximate surface area is 135 Å². The molecule has 1 aliphatic heterocycles. The Bertz CT molecular complexity index is 779. The standard InChI is InChI=1S/C16H15F3N2O3/c17-16(18,19)12-7-21(6-11(12)15(23)24)14-10(8-22)5-9-3-1-2-4-13(9)20-14/h1-5,11-12,22H,6-8H2,(H,23,24)/t11-,12-/m1/s1. The summed E-state index contributed by atoms with van der Waals surface area (Å²) >= 11 is 0. The van der Waals surface area contributed by atoms with Crippen LogP contribution in [0.4, 0.5) is 19.0 Å². The molecule has 2 aromatic rings. The number of hydrogen-bond acceptors (Lipinski definition) is 4. The molecule has 128 valence electrons. The van der Waals surface area contributed by atoms with Crippen LogP contribution in [0.3, 0.4) is 0 Å². The van der Waals surface area contributed by atoms with Gasteiger partial charge in [0.25, 0.3) is 0 Å². The van der Waals surface area contributed by atoms with E-state index in [2.05, 4.69) is 4.98 Å². The first-order chi connectivity index (χ1) is 11.3. The monoisotopic (exact) mass is 340 g/mol. The van der Waals surface area contributed by atoms with Crippen LogP contribution in [0.5, 0.6) is 0 Å². The van der Waals surface area contributed by atoms with E-state index in [0.29, 0.717) is 11.1 Å². The average molecular weight is 340 g/mol. The zero-order valence-electron chi connectivity index (χ0n) is 12.5.